The molecule has 7 heteroatoms. The molecule has 1 aliphatic rings. The summed E-state index contributed by atoms with van der Waals surface area (Å²) in [5, 5.41) is 11.8. The first-order chi connectivity index (χ1) is 11.2. The zero-order chi connectivity index (χ0) is 15.8. The second kappa shape index (κ2) is 5.28. The minimum absolute atomic E-state index is 0.277. The Morgan fingerprint density at radius 3 is 2.70 bits per heavy atom. The summed E-state index contributed by atoms with van der Waals surface area (Å²) in [7, 11) is 0. The minimum atomic E-state index is 0.277. The third-order valence-corrected chi connectivity index (χ3v) is 3.82. The van der Waals surface area contributed by atoms with E-state index in [4.69, 9.17) is 9.47 Å². The maximum atomic E-state index is 5.46. The van der Waals surface area contributed by atoms with E-state index in [1.54, 1.807) is 23.5 Å². The van der Waals surface area contributed by atoms with Crippen LogP contribution in [0.2, 0.25) is 0 Å². The van der Waals surface area contributed by atoms with Gasteiger partial charge in [-0.3, -0.25) is 0 Å². The van der Waals surface area contributed by atoms with E-state index >= 15 is 0 Å². The first kappa shape index (κ1) is 13.6. The molecule has 0 radical (unpaired) electrons. The van der Waals surface area contributed by atoms with Gasteiger partial charge >= 0.3 is 0 Å². The lowest BCUT2D eigenvalue weighted by Gasteiger charge is -2.10. The number of benzene rings is 1. The van der Waals surface area contributed by atoms with Crippen molar-refractivity contribution in [3.05, 3.63) is 53.9 Å². The van der Waals surface area contributed by atoms with E-state index in [0.717, 1.165) is 34.1 Å². The van der Waals surface area contributed by atoms with E-state index in [-0.39, 0.29) is 6.79 Å². The van der Waals surface area contributed by atoms with Crippen LogP contribution in [-0.2, 0) is 0 Å². The van der Waals surface area contributed by atoms with Crippen LogP contribution < -0.4 is 9.47 Å². The van der Waals surface area contributed by atoms with Gasteiger partial charge in [0.25, 0.3) is 0 Å². The van der Waals surface area contributed by atoms with Crippen LogP contribution in [0.5, 0.6) is 11.5 Å². The Kier molecular flexibility index (Phi) is 3.11. The molecule has 23 heavy (non-hydrogen) atoms. The predicted molar refractivity (Wildman–Crippen MR) is 84.4 cm³/mol. The van der Waals surface area contributed by atoms with Crippen LogP contribution >= 0.6 is 0 Å². The highest BCUT2D eigenvalue weighted by molar-refractivity contribution is 5.82. The number of aryl methyl sites for hydroxylation is 1. The number of ether oxygens (including phenoxy) is 2. The second-order valence-electron chi connectivity index (χ2n) is 5.29. The molecule has 1 aromatic carbocycles. The van der Waals surface area contributed by atoms with Gasteiger partial charge in [0.2, 0.25) is 6.79 Å². The highest BCUT2D eigenvalue weighted by Gasteiger charge is 2.16. The van der Waals surface area contributed by atoms with E-state index in [9.17, 15) is 0 Å². The molecular formula is C16H15N5O2. The molecule has 4 rings (SSSR count). The average molecular weight is 309 g/mol. The first-order valence-corrected chi connectivity index (χ1v) is 7.20. The minimum Gasteiger partial charge on any atom is -0.454 e. The molecule has 0 N–H and O–H groups in total. The van der Waals surface area contributed by atoms with Crippen molar-refractivity contribution in [1.29, 1.82) is 0 Å². The van der Waals surface area contributed by atoms with Gasteiger partial charge in [0.05, 0.1) is 6.21 Å². The molecule has 0 bridgehead atoms. The van der Waals surface area contributed by atoms with Gasteiger partial charge in [-0.1, -0.05) is 0 Å². The van der Waals surface area contributed by atoms with E-state index in [1.165, 1.54) is 0 Å². The normalized spacial score (nSPS) is 13.1. The Labute approximate surface area is 132 Å². The van der Waals surface area contributed by atoms with Crippen molar-refractivity contribution in [2.24, 2.45) is 5.10 Å². The number of nitrogens with zero attached hydrogens (tertiary/aromatic N) is 5. The van der Waals surface area contributed by atoms with Crippen LogP contribution in [0.4, 0.5) is 0 Å². The molecule has 0 fully saturated rings. The molecule has 116 valence electrons. The van der Waals surface area contributed by atoms with Gasteiger partial charge in [0.15, 0.2) is 11.5 Å². The maximum Gasteiger partial charge on any atom is 0.231 e. The molecule has 3 aromatic rings. The molecule has 0 spiro atoms. The highest BCUT2D eigenvalue weighted by Crippen LogP contribution is 2.34. The monoisotopic (exact) mass is 309 g/mol. The summed E-state index contributed by atoms with van der Waals surface area (Å²) < 4.78 is 14.6. The molecule has 0 saturated heterocycles. The number of hydrogen-bond donors (Lipinski definition) is 0. The molecular weight excluding hydrogens is 294 g/mol. The Morgan fingerprint density at radius 1 is 1.09 bits per heavy atom. The zero-order valence-corrected chi connectivity index (χ0v) is 12.8. The standard InChI is InChI=1S/C16H15N5O2/c1-11-5-13(7-19-20-8-17-18-9-20)12(2)21(11)14-3-4-15-16(6-14)23-10-22-15/h3-9H,10H2,1-2H3/b19-7+. The largest absolute Gasteiger partial charge is 0.454 e. The van der Waals surface area contributed by atoms with Gasteiger partial charge < -0.3 is 14.0 Å². The van der Waals surface area contributed by atoms with Gasteiger partial charge in [-0.15, -0.1) is 10.2 Å². The number of hydrogen-bond acceptors (Lipinski definition) is 5. The zero-order valence-electron chi connectivity index (χ0n) is 12.8. The molecule has 7 nitrogen and oxygen atoms in total. The van der Waals surface area contributed by atoms with E-state index < -0.39 is 0 Å². The van der Waals surface area contributed by atoms with Crippen molar-refractivity contribution in [1.82, 2.24) is 19.4 Å². The first-order valence-electron chi connectivity index (χ1n) is 7.20. The van der Waals surface area contributed by atoms with E-state index in [2.05, 4.69) is 39.8 Å². The van der Waals surface area contributed by atoms with Crippen molar-refractivity contribution in [3.63, 3.8) is 0 Å². The van der Waals surface area contributed by atoms with Gasteiger partial charge in [-0.2, -0.15) is 5.10 Å². The fraction of sp³-hybridized carbons (Fsp3) is 0.188. The van der Waals surface area contributed by atoms with Crippen molar-refractivity contribution < 1.29 is 9.47 Å². The van der Waals surface area contributed by atoms with E-state index in [1.807, 2.05) is 18.2 Å². The highest BCUT2D eigenvalue weighted by atomic mass is 16.7. The lowest BCUT2D eigenvalue weighted by Crippen LogP contribution is -1.99. The summed E-state index contributed by atoms with van der Waals surface area (Å²) in [6.45, 7) is 4.40. The van der Waals surface area contributed by atoms with Crippen molar-refractivity contribution >= 4 is 6.21 Å². The molecule has 2 aromatic heterocycles. The van der Waals surface area contributed by atoms with Crippen molar-refractivity contribution in [2.45, 2.75) is 13.8 Å². The van der Waals surface area contributed by atoms with Gasteiger partial charge in [0, 0.05) is 28.7 Å². The van der Waals surface area contributed by atoms with Gasteiger partial charge in [0.1, 0.15) is 12.7 Å². The molecule has 1 aliphatic heterocycles. The Balaban J connectivity index is 1.72. The van der Waals surface area contributed by atoms with Crippen LogP contribution in [0.1, 0.15) is 17.0 Å². The summed E-state index contributed by atoms with van der Waals surface area (Å²) in [6.07, 6.45) is 4.90. The van der Waals surface area contributed by atoms with Crippen LogP contribution in [0, 0.1) is 13.8 Å². The van der Waals surface area contributed by atoms with Crippen LogP contribution in [-0.4, -0.2) is 32.4 Å². The lowest BCUT2D eigenvalue weighted by atomic mass is 10.2. The smallest absolute Gasteiger partial charge is 0.231 e. The number of rotatable bonds is 3. The van der Waals surface area contributed by atoms with Gasteiger partial charge in [-0.25, -0.2) is 4.68 Å². The van der Waals surface area contributed by atoms with Gasteiger partial charge in [-0.05, 0) is 32.0 Å². The molecule has 0 saturated carbocycles. The van der Waals surface area contributed by atoms with Crippen molar-refractivity contribution in [2.75, 3.05) is 6.79 Å². The SMILES string of the molecule is Cc1cc(/C=N/n2cnnc2)c(C)n1-c1ccc2c(c1)OCO2. The molecule has 3 heterocycles. The average Bonchev–Trinajstić information content (AvgIpc) is 3.25. The molecule has 0 atom stereocenters. The fourth-order valence-electron chi connectivity index (χ4n) is 2.72. The van der Waals surface area contributed by atoms with Crippen LogP contribution in [0.3, 0.4) is 0 Å². The van der Waals surface area contributed by atoms with Crippen LogP contribution in [0.15, 0.2) is 42.0 Å². The quantitative estimate of drug-likeness (QED) is 0.696. The number of aromatic nitrogens is 4. The Bertz CT molecular complexity index is 880. The maximum absolute atomic E-state index is 5.46. The summed E-state index contributed by atoms with van der Waals surface area (Å²) in [5.41, 5.74) is 4.28. The summed E-state index contributed by atoms with van der Waals surface area (Å²) in [4.78, 5) is 0. The summed E-state index contributed by atoms with van der Waals surface area (Å²) in [5.74, 6) is 1.56. The molecule has 0 amide bonds. The fourth-order valence-corrected chi connectivity index (χ4v) is 2.72. The second-order valence-corrected chi connectivity index (χ2v) is 5.29. The van der Waals surface area contributed by atoms with Crippen molar-refractivity contribution in [3.8, 4) is 17.2 Å². The summed E-state index contributed by atoms with van der Waals surface area (Å²) >= 11 is 0. The molecule has 0 aliphatic carbocycles. The predicted octanol–water partition coefficient (Wildman–Crippen LogP) is 2.30. The lowest BCUT2D eigenvalue weighted by molar-refractivity contribution is 0.174. The third kappa shape index (κ3) is 2.36. The topological polar surface area (TPSA) is 66.5 Å². The Morgan fingerprint density at radius 2 is 1.87 bits per heavy atom. The summed E-state index contributed by atoms with van der Waals surface area (Å²) in [6, 6.07) is 8.03. The number of fused-ring (bicyclic) bond motifs is 1. The Hall–Kier alpha value is -3.09. The molecule has 0 unspecified atom stereocenters. The third-order valence-electron chi connectivity index (χ3n) is 3.82. The van der Waals surface area contributed by atoms with E-state index in [0.29, 0.717) is 0 Å². The van der Waals surface area contributed by atoms with Crippen LogP contribution in [0.25, 0.3) is 5.69 Å².